The Morgan fingerprint density at radius 1 is 1.09 bits per heavy atom. The van der Waals surface area contributed by atoms with Crippen LogP contribution >= 0.6 is 11.6 Å². The Morgan fingerprint density at radius 2 is 1.87 bits per heavy atom. The van der Waals surface area contributed by atoms with Crippen LogP contribution < -0.4 is 14.8 Å². The van der Waals surface area contributed by atoms with Gasteiger partial charge in [-0.2, -0.15) is 0 Å². The third-order valence-corrected chi connectivity index (χ3v) is 3.81. The summed E-state index contributed by atoms with van der Waals surface area (Å²) >= 11 is 6.11. The molecule has 0 unspecified atom stereocenters. The molecule has 0 aliphatic rings. The summed E-state index contributed by atoms with van der Waals surface area (Å²) in [7, 11) is 3.10. The molecule has 1 aromatic heterocycles. The van der Waals surface area contributed by atoms with Crippen molar-refractivity contribution < 1.29 is 14.3 Å². The Labute approximate surface area is 138 Å². The lowest BCUT2D eigenvalue weighted by Crippen LogP contribution is -2.12. The van der Waals surface area contributed by atoms with Gasteiger partial charge in [-0.05, 0) is 24.3 Å². The fraction of sp³-hybridized carbons (Fsp3) is 0.118. The molecule has 1 amide bonds. The van der Waals surface area contributed by atoms with Crippen molar-refractivity contribution in [1.82, 2.24) is 4.98 Å². The van der Waals surface area contributed by atoms with Gasteiger partial charge in [0.2, 0.25) is 0 Å². The number of rotatable bonds is 4. The average Bonchev–Trinajstić information content (AvgIpc) is 3.00. The molecule has 0 saturated heterocycles. The van der Waals surface area contributed by atoms with Crippen molar-refractivity contribution in [3.8, 4) is 11.5 Å². The van der Waals surface area contributed by atoms with Crippen LogP contribution in [-0.2, 0) is 0 Å². The second-order valence-electron chi connectivity index (χ2n) is 4.91. The molecule has 5 nitrogen and oxygen atoms in total. The van der Waals surface area contributed by atoms with E-state index in [2.05, 4.69) is 10.3 Å². The van der Waals surface area contributed by atoms with Crippen LogP contribution in [0.4, 0.5) is 5.69 Å². The monoisotopic (exact) mass is 330 g/mol. The zero-order valence-corrected chi connectivity index (χ0v) is 13.4. The lowest BCUT2D eigenvalue weighted by Gasteiger charge is -2.10. The topological polar surface area (TPSA) is 63.3 Å². The molecular weight excluding hydrogens is 316 g/mol. The summed E-state index contributed by atoms with van der Waals surface area (Å²) < 4.78 is 10.4. The van der Waals surface area contributed by atoms with Crippen molar-refractivity contribution >= 4 is 34.1 Å². The highest BCUT2D eigenvalue weighted by Crippen LogP contribution is 2.30. The minimum atomic E-state index is -0.260. The van der Waals surface area contributed by atoms with Crippen LogP contribution in [0.1, 0.15) is 10.5 Å². The number of anilines is 1. The number of fused-ring (bicyclic) bond motifs is 1. The maximum atomic E-state index is 12.4. The van der Waals surface area contributed by atoms with Crippen LogP contribution in [0.25, 0.3) is 10.9 Å². The van der Waals surface area contributed by atoms with E-state index in [1.54, 1.807) is 44.6 Å². The van der Waals surface area contributed by atoms with Crippen molar-refractivity contribution in [2.24, 2.45) is 0 Å². The first kappa shape index (κ1) is 15.2. The van der Waals surface area contributed by atoms with Crippen molar-refractivity contribution in [3.63, 3.8) is 0 Å². The minimum Gasteiger partial charge on any atom is -0.493 e. The molecule has 23 heavy (non-hydrogen) atoms. The zero-order valence-electron chi connectivity index (χ0n) is 12.6. The number of aromatic nitrogens is 1. The highest BCUT2D eigenvalue weighted by atomic mass is 35.5. The summed E-state index contributed by atoms with van der Waals surface area (Å²) in [6, 6.07) is 12.4. The van der Waals surface area contributed by atoms with Crippen LogP contribution in [0.3, 0.4) is 0 Å². The molecule has 0 atom stereocenters. The van der Waals surface area contributed by atoms with Gasteiger partial charge in [-0.15, -0.1) is 0 Å². The van der Waals surface area contributed by atoms with Gasteiger partial charge in [0, 0.05) is 17.1 Å². The molecule has 0 aliphatic heterocycles. The summed E-state index contributed by atoms with van der Waals surface area (Å²) in [6.45, 7) is 0. The Balaban J connectivity index is 1.87. The number of benzene rings is 2. The SMILES string of the molecule is COc1ccc(NC(=O)c2cc3cccc(Cl)c3[nH]2)cc1OC. The van der Waals surface area contributed by atoms with Gasteiger partial charge in [0.25, 0.3) is 5.91 Å². The average molecular weight is 331 g/mol. The second kappa shape index (κ2) is 6.22. The molecule has 2 N–H and O–H groups in total. The van der Waals surface area contributed by atoms with E-state index >= 15 is 0 Å². The minimum absolute atomic E-state index is 0.260. The Morgan fingerprint density at radius 3 is 2.57 bits per heavy atom. The number of halogens is 1. The number of carbonyl (C=O) groups is 1. The molecule has 118 valence electrons. The first-order valence-corrected chi connectivity index (χ1v) is 7.31. The summed E-state index contributed by atoms with van der Waals surface area (Å²) in [5.41, 5.74) is 1.78. The number of hydrogen-bond acceptors (Lipinski definition) is 3. The first-order valence-electron chi connectivity index (χ1n) is 6.93. The summed E-state index contributed by atoms with van der Waals surface area (Å²) in [5, 5.41) is 4.28. The molecule has 0 fully saturated rings. The Hall–Kier alpha value is -2.66. The number of carbonyl (C=O) groups excluding carboxylic acids is 1. The van der Waals surface area contributed by atoms with Gasteiger partial charge in [-0.1, -0.05) is 23.7 Å². The van der Waals surface area contributed by atoms with Crippen LogP contribution in [-0.4, -0.2) is 25.1 Å². The lowest BCUT2D eigenvalue weighted by atomic mass is 10.2. The van der Waals surface area contributed by atoms with E-state index < -0.39 is 0 Å². The van der Waals surface area contributed by atoms with Gasteiger partial charge in [0.1, 0.15) is 5.69 Å². The van der Waals surface area contributed by atoms with E-state index in [0.29, 0.717) is 27.9 Å². The number of amides is 1. The summed E-state index contributed by atoms with van der Waals surface area (Å²) in [6.07, 6.45) is 0. The van der Waals surface area contributed by atoms with E-state index in [1.165, 1.54) is 0 Å². The van der Waals surface area contributed by atoms with Crippen molar-refractivity contribution in [2.45, 2.75) is 0 Å². The maximum Gasteiger partial charge on any atom is 0.272 e. The number of nitrogens with one attached hydrogen (secondary N) is 2. The van der Waals surface area contributed by atoms with E-state index in [9.17, 15) is 4.79 Å². The molecule has 3 aromatic rings. The summed E-state index contributed by atoms with van der Waals surface area (Å²) in [5.74, 6) is 0.886. The third kappa shape index (κ3) is 2.96. The number of hydrogen-bond donors (Lipinski definition) is 2. The van der Waals surface area contributed by atoms with Gasteiger partial charge < -0.3 is 19.8 Å². The predicted octanol–water partition coefficient (Wildman–Crippen LogP) is 4.09. The molecule has 0 spiro atoms. The van der Waals surface area contributed by atoms with E-state index in [0.717, 1.165) is 10.9 Å². The summed E-state index contributed by atoms with van der Waals surface area (Å²) in [4.78, 5) is 15.4. The Kier molecular flexibility index (Phi) is 4.12. The molecule has 1 heterocycles. The largest absolute Gasteiger partial charge is 0.493 e. The number of para-hydroxylation sites is 1. The number of H-pyrrole nitrogens is 1. The van der Waals surface area contributed by atoms with Crippen molar-refractivity contribution in [1.29, 1.82) is 0 Å². The fourth-order valence-electron chi connectivity index (χ4n) is 2.35. The van der Waals surface area contributed by atoms with Gasteiger partial charge in [-0.25, -0.2) is 0 Å². The van der Waals surface area contributed by atoms with Crippen molar-refractivity contribution in [3.05, 3.63) is 53.2 Å². The number of aromatic amines is 1. The number of ether oxygens (including phenoxy) is 2. The molecule has 0 radical (unpaired) electrons. The van der Waals surface area contributed by atoms with E-state index in [-0.39, 0.29) is 5.91 Å². The van der Waals surface area contributed by atoms with Crippen LogP contribution in [0.15, 0.2) is 42.5 Å². The van der Waals surface area contributed by atoms with Gasteiger partial charge in [0.05, 0.1) is 24.8 Å². The smallest absolute Gasteiger partial charge is 0.272 e. The molecule has 0 bridgehead atoms. The third-order valence-electron chi connectivity index (χ3n) is 3.49. The van der Waals surface area contributed by atoms with Crippen molar-refractivity contribution in [2.75, 3.05) is 19.5 Å². The zero-order chi connectivity index (χ0) is 16.4. The maximum absolute atomic E-state index is 12.4. The van der Waals surface area contributed by atoms with E-state index in [1.807, 2.05) is 12.1 Å². The quantitative estimate of drug-likeness (QED) is 0.757. The van der Waals surface area contributed by atoms with Crippen LogP contribution in [0.2, 0.25) is 5.02 Å². The molecule has 2 aromatic carbocycles. The lowest BCUT2D eigenvalue weighted by molar-refractivity contribution is 0.102. The highest BCUT2D eigenvalue weighted by Gasteiger charge is 2.12. The fourth-order valence-corrected chi connectivity index (χ4v) is 2.58. The van der Waals surface area contributed by atoms with Gasteiger partial charge in [0.15, 0.2) is 11.5 Å². The molecule has 3 rings (SSSR count). The van der Waals surface area contributed by atoms with Crippen LogP contribution in [0, 0.1) is 0 Å². The Bertz CT molecular complexity index is 873. The highest BCUT2D eigenvalue weighted by molar-refractivity contribution is 6.35. The van der Waals surface area contributed by atoms with E-state index in [4.69, 9.17) is 21.1 Å². The normalized spacial score (nSPS) is 10.6. The van der Waals surface area contributed by atoms with Gasteiger partial charge in [-0.3, -0.25) is 4.79 Å². The van der Waals surface area contributed by atoms with Crippen LogP contribution in [0.5, 0.6) is 11.5 Å². The second-order valence-corrected chi connectivity index (χ2v) is 5.32. The predicted molar refractivity (Wildman–Crippen MR) is 90.8 cm³/mol. The molecular formula is C17H15ClN2O3. The standard InChI is InChI=1S/C17H15ClN2O3/c1-22-14-7-6-11(9-15(14)23-2)19-17(21)13-8-10-4-3-5-12(18)16(10)20-13/h3-9,20H,1-2H3,(H,19,21). The molecule has 0 aliphatic carbocycles. The van der Waals surface area contributed by atoms with Gasteiger partial charge >= 0.3 is 0 Å². The molecule has 6 heteroatoms. The molecule has 0 saturated carbocycles. The number of methoxy groups -OCH3 is 2. The first-order chi connectivity index (χ1) is 11.1.